The van der Waals surface area contributed by atoms with E-state index in [1.54, 1.807) is 0 Å². The Morgan fingerprint density at radius 2 is 1.03 bits per heavy atom. The molecule has 2 aliphatic carbocycles. The van der Waals surface area contributed by atoms with Crippen molar-refractivity contribution in [3.8, 4) is 11.1 Å². The zero-order chi connectivity index (χ0) is 24.8. The van der Waals surface area contributed by atoms with E-state index in [1.165, 1.54) is 51.2 Å². The summed E-state index contributed by atoms with van der Waals surface area (Å²) in [5, 5.41) is 0. The Balaban J connectivity index is 1.35. The van der Waals surface area contributed by atoms with Crippen molar-refractivity contribution in [3.05, 3.63) is 144 Å². The normalized spacial score (nSPS) is 22.7. The van der Waals surface area contributed by atoms with Crippen LogP contribution < -0.4 is 9.80 Å². The molecule has 4 nitrogen and oxygen atoms in total. The fraction of sp³-hybridized carbons (Fsp3) is 0.176. The molecule has 3 aliphatic heterocycles. The van der Waals surface area contributed by atoms with Crippen LogP contribution in [0.5, 0.6) is 0 Å². The molecule has 38 heavy (non-hydrogen) atoms. The van der Waals surface area contributed by atoms with Crippen LogP contribution in [0.3, 0.4) is 0 Å². The minimum atomic E-state index is -0.395. The largest absolute Gasteiger partial charge is 0.353 e. The maximum atomic E-state index is 2.52. The molecule has 4 heteroatoms. The van der Waals surface area contributed by atoms with Gasteiger partial charge in [-0.25, -0.2) is 0 Å². The van der Waals surface area contributed by atoms with Crippen molar-refractivity contribution in [2.45, 2.75) is 23.9 Å². The zero-order valence-electron chi connectivity index (χ0n) is 21.1. The second kappa shape index (κ2) is 7.32. The zero-order valence-corrected chi connectivity index (χ0v) is 21.1. The van der Waals surface area contributed by atoms with Crippen LogP contribution in [0, 0.1) is 0 Å². The van der Waals surface area contributed by atoms with E-state index in [0.717, 1.165) is 13.3 Å². The third-order valence-corrected chi connectivity index (χ3v) is 9.26. The monoisotopic (exact) mass is 492 g/mol. The van der Waals surface area contributed by atoms with E-state index in [9.17, 15) is 0 Å². The molecule has 0 amide bonds. The first-order chi connectivity index (χ1) is 18.8. The van der Waals surface area contributed by atoms with Gasteiger partial charge in [-0.1, -0.05) is 72.8 Å². The summed E-state index contributed by atoms with van der Waals surface area (Å²) in [5.41, 5.74) is 10.1. The van der Waals surface area contributed by atoms with Gasteiger partial charge in [0.2, 0.25) is 0 Å². The lowest BCUT2D eigenvalue weighted by Crippen LogP contribution is -2.33. The molecule has 9 rings (SSSR count). The smallest absolute Gasteiger partial charge is 0.0945 e. The number of anilines is 2. The lowest BCUT2D eigenvalue weighted by molar-refractivity contribution is 0.316. The molecule has 1 spiro atoms. The highest BCUT2D eigenvalue weighted by Gasteiger charge is 2.48. The van der Waals surface area contributed by atoms with E-state index < -0.39 is 5.41 Å². The molecule has 8 bridgehead atoms. The molecule has 184 valence electrons. The van der Waals surface area contributed by atoms with Gasteiger partial charge in [-0.05, 0) is 64.1 Å². The van der Waals surface area contributed by atoms with Crippen LogP contribution in [-0.4, -0.2) is 35.2 Å². The fourth-order valence-electron chi connectivity index (χ4n) is 7.38. The number of hydrogen-bond acceptors (Lipinski definition) is 4. The SMILES string of the molecule is C1=CN2CN1c1cccc(c1)C1(c3cccc(c3)N3C=CN(C3)C3CC32)c2ccccc2-c2ccccc21. The quantitative estimate of drug-likeness (QED) is 0.251. The molecular weight excluding hydrogens is 464 g/mol. The molecule has 4 aromatic carbocycles. The van der Waals surface area contributed by atoms with Gasteiger partial charge >= 0.3 is 0 Å². The van der Waals surface area contributed by atoms with Crippen molar-refractivity contribution >= 4 is 11.4 Å². The van der Waals surface area contributed by atoms with Crippen LogP contribution in [-0.2, 0) is 5.41 Å². The first-order valence-corrected chi connectivity index (χ1v) is 13.6. The third-order valence-electron chi connectivity index (χ3n) is 9.26. The highest BCUT2D eigenvalue weighted by atomic mass is 15.4. The number of rotatable bonds is 0. The summed E-state index contributed by atoms with van der Waals surface area (Å²) in [4.78, 5) is 9.84. The fourth-order valence-corrected chi connectivity index (χ4v) is 7.38. The summed E-state index contributed by atoms with van der Waals surface area (Å²) in [7, 11) is 0. The van der Waals surface area contributed by atoms with Crippen LogP contribution in [0.4, 0.5) is 11.4 Å². The van der Waals surface area contributed by atoms with E-state index in [0.29, 0.717) is 12.1 Å². The van der Waals surface area contributed by atoms with Crippen molar-refractivity contribution in [1.82, 2.24) is 9.80 Å². The molecule has 0 radical (unpaired) electrons. The summed E-state index contributed by atoms with van der Waals surface area (Å²) in [6.07, 6.45) is 10.3. The van der Waals surface area contributed by atoms with Crippen LogP contribution in [0.2, 0.25) is 0 Å². The van der Waals surface area contributed by atoms with E-state index in [1.807, 2.05) is 0 Å². The molecule has 0 aromatic heterocycles. The maximum absolute atomic E-state index is 2.52. The minimum absolute atomic E-state index is 0.395. The lowest BCUT2D eigenvalue weighted by Gasteiger charge is -2.35. The second-order valence-electron chi connectivity index (χ2n) is 11.2. The molecule has 0 saturated heterocycles. The maximum Gasteiger partial charge on any atom is 0.0945 e. The third kappa shape index (κ3) is 2.65. The summed E-state index contributed by atoms with van der Waals surface area (Å²) >= 11 is 0. The number of benzene rings is 4. The number of fused-ring (bicyclic) bond motifs is 20. The molecule has 4 aromatic rings. The van der Waals surface area contributed by atoms with Crippen LogP contribution in [0.25, 0.3) is 11.1 Å². The topological polar surface area (TPSA) is 13.0 Å². The molecule has 0 N–H and O–H groups in total. The Labute approximate surface area is 223 Å². The average Bonchev–Trinajstić information content (AvgIpc) is 3.32. The Hall–Kier alpha value is -4.44. The molecule has 1 saturated carbocycles. The van der Waals surface area contributed by atoms with Gasteiger partial charge in [0.25, 0.3) is 0 Å². The Bertz CT molecular complexity index is 1550. The van der Waals surface area contributed by atoms with E-state index in [4.69, 9.17) is 0 Å². The van der Waals surface area contributed by atoms with Crippen molar-refractivity contribution in [2.24, 2.45) is 0 Å². The van der Waals surface area contributed by atoms with Gasteiger partial charge in [0.1, 0.15) is 0 Å². The first-order valence-electron chi connectivity index (χ1n) is 13.6. The Morgan fingerprint density at radius 1 is 0.526 bits per heavy atom. The van der Waals surface area contributed by atoms with Crippen molar-refractivity contribution in [2.75, 3.05) is 23.1 Å². The first kappa shape index (κ1) is 20.6. The van der Waals surface area contributed by atoms with Crippen molar-refractivity contribution < 1.29 is 0 Å². The summed E-state index contributed by atoms with van der Waals surface area (Å²) in [5.74, 6) is 0. The van der Waals surface area contributed by atoms with Gasteiger partial charge in [-0.3, -0.25) is 0 Å². The standard InChI is InChI=1S/C34H28N4/c1-3-13-30-28(11-1)29-12-2-4-14-31(29)34(30)24-7-5-9-26(19-24)35-15-17-37(22-35)32-21-33(32)38-18-16-36(23-38)27-10-6-8-25(34)20-27/h1-20,32-33H,21-23H2. The highest BCUT2D eigenvalue weighted by molar-refractivity contribution is 5.86. The summed E-state index contributed by atoms with van der Waals surface area (Å²) < 4.78 is 0. The van der Waals surface area contributed by atoms with Crippen molar-refractivity contribution in [3.63, 3.8) is 0 Å². The van der Waals surface area contributed by atoms with Gasteiger partial charge in [0.15, 0.2) is 0 Å². The van der Waals surface area contributed by atoms with Crippen molar-refractivity contribution in [1.29, 1.82) is 0 Å². The van der Waals surface area contributed by atoms with Gasteiger partial charge in [0, 0.05) is 36.2 Å². The molecular formula is C34H28N4. The Kier molecular flexibility index (Phi) is 3.97. The van der Waals surface area contributed by atoms with Gasteiger partial charge < -0.3 is 19.6 Å². The summed E-state index contributed by atoms with van der Waals surface area (Å²) in [6.45, 7) is 1.81. The van der Waals surface area contributed by atoms with Crippen LogP contribution in [0.15, 0.2) is 122 Å². The van der Waals surface area contributed by atoms with Gasteiger partial charge in [-0.2, -0.15) is 0 Å². The lowest BCUT2D eigenvalue weighted by atomic mass is 9.67. The van der Waals surface area contributed by atoms with E-state index >= 15 is 0 Å². The van der Waals surface area contributed by atoms with Crippen LogP contribution in [0.1, 0.15) is 28.7 Å². The molecule has 5 aliphatic rings. The predicted octanol–water partition coefficient (Wildman–Crippen LogP) is 6.31. The Morgan fingerprint density at radius 3 is 1.55 bits per heavy atom. The number of nitrogens with zero attached hydrogens (tertiary/aromatic N) is 4. The molecule has 3 heterocycles. The average molecular weight is 493 g/mol. The highest BCUT2D eigenvalue weighted by Crippen LogP contribution is 2.56. The molecule has 2 atom stereocenters. The second-order valence-corrected chi connectivity index (χ2v) is 11.2. The van der Waals surface area contributed by atoms with E-state index in [-0.39, 0.29) is 0 Å². The van der Waals surface area contributed by atoms with Crippen LogP contribution >= 0.6 is 0 Å². The van der Waals surface area contributed by atoms with E-state index in [2.05, 4.69) is 141 Å². The minimum Gasteiger partial charge on any atom is -0.353 e. The molecule has 2 unspecified atom stereocenters. The summed E-state index contributed by atoms with van der Waals surface area (Å²) in [6, 6.07) is 37.7. The molecule has 1 fully saturated rings. The number of hydrogen-bond donors (Lipinski definition) is 0. The van der Waals surface area contributed by atoms with Gasteiger partial charge in [0.05, 0.1) is 30.8 Å². The predicted molar refractivity (Wildman–Crippen MR) is 153 cm³/mol. The van der Waals surface area contributed by atoms with Gasteiger partial charge in [-0.15, -0.1) is 0 Å².